The Kier molecular flexibility index (Phi) is 5.18. The molecular weight excluding hydrogens is 313 g/mol. The number of morpholine rings is 1. The first-order valence-corrected chi connectivity index (χ1v) is 8.36. The van der Waals surface area contributed by atoms with Gasteiger partial charge in [-0.15, -0.1) is 0 Å². The zero-order valence-corrected chi connectivity index (χ0v) is 14.2. The largest absolute Gasteiger partial charge is 0.381 e. The molecule has 5 nitrogen and oxygen atoms in total. The van der Waals surface area contributed by atoms with Gasteiger partial charge in [0.15, 0.2) is 5.60 Å². The second-order valence-electron chi connectivity index (χ2n) is 6.43. The van der Waals surface area contributed by atoms with E-state index in [0.717, 1.165) is 5.56 Å². The third-order valence-corrected chi connectivity index (χ3v) is 4.99. The van der Waals surface area contributed by atoms with E-state index in [9.17, 15) is 9.18 Å². The Bertz CT molecular complexity index is 601. The molecule has 0 aromatic heterocycles. The van der Waals surface area contributed by atoms with Crippen LogP contribution in [0.1, 0.15) is 30.1 Å². The van der Waals surface area contributed by atoms with Gasteiger partial charge in [0.1, 0.15) is 11.9 Å². The SMILES string of the molecule is COC1(C(=O)N2CCOC(c3ccc(F)c(C)c3)C2)CCOCC1. The van der Waals surface area contributed by atoms with Crippen LogP contribution >= 0.6 is 0 Å². The summed E-state index contributed by atoms with van der Waals surface area (Å²) in [6, 6.07) is 4.96. The van der Waals surface area contributed by atoms with Crippen molar-refractivity contribution in [3.05, 3.63) is 35.1 Å². The molecule has 2 aliphatic heterocycles. The zero-order valence-electron chi connectivity index (χ0n) is 14.2. The van der Waals surface area contributed by atoms with Crippen LogP contribution in [-0.4, -0.2) is 56.4 Å². The Hall–Kier alpha value is -1.50. The van der Waals surface area contributed by atoms with Crippen molar-refractivity contribution < 1.29 is 23.4 Å². The average Bonchev–Trinajstić information content (AvgIpc) is 2.64. The molecule has 1 amide bonds. The minimum atomic E-state index is -0.793. The lowest BCUT2D eigenvalue weighted by molar-refractivity contribution is -0.172. The Morgan fingerprint density at radius 3 is 2.75 bits per heavy atom. The van der Waals surface area contributed by atoms with Gasteiger partial charge < -0.3 is 19.1 Å². The molecule has 24 heavy (non-hydrogen) atoms. The fraction of sp³-hybridized carbons (Fsp3) is 0.611. The average molecular weight is 337 g/mol. The number of ether oxygens (including phenoxy) is 3. The summed E-state index contributed by atoms with van der Waals surface area (Å²) in [6.07, 6.45) is 0.899. The number of methoxy groups -OCH3 is 1. The van der Waals surface area contributed by atoms with E-state index in [2.05, 4.69) is 0 Å². The predicted molar refractivity (Wildman–Crippen MR) is 86.2 cm³/mol. The molecule has 1 unspecified atom stereocenters. The standard InChI is InChI=1S/C18H24FNO4/c1-13-11-14(3-4-15(13)19)16-12-20(7-10-24-16)17(21)18(22-2)5-8-23-9-6-18/h3-4,11,16H,5-10,12H2,1-2H3. The fourth-order valence-electron chi connectivity index (χ4n) is 3.40. The number of rotatable bonds is 3. The molecule has 2 saturated heterocycles. The molecule has 3 rings (SSSR count). The van der Waals surface area contributed by atoms with Crippen molar-refractivity contribution in [3.63, 3.8) is 0 Å². The second kappa shape index (κ2) is 7.17. The summed E-state index contributed by atoms with van der Waals surface area (Å²) in [6.45, 7) is 4.25. The predicted octanol–water partition coefficient (Wildman–Crippen LogP) is 2.23. The normalized spacial score (nSPS) is 24.0. The number of carbonyl (C=O) groups is 1. The van der Waals surface area contributed by atoms with Crippen LogP contribution in [0.15, 0.2) is 18.2 Å². The van der Waals surface area contributed by atoms with E-state index in [0.29, 0.717) is 51.3 Å². The van der Waals surface area contributed by atoms with Crippen molar-refractivity contribution in [1.82, 2.24) is 4.90 Å². The van der Waals surface area contributed by atoms with Crippen LogP contribution in [0.3, 0.4) is 0 Å². The third kappa shape index (κ3) is 3.31. The van der Waals surface area contributed by atoms with Crippen LogP contribution in [-0.2, 0) is 19.0 Å². The quantitative estimate of drug-likeness (QED) is 0.849. The lowest BCUT2D eigenvalue weighted by atomic mass is 9.91. The molecular formula is C18H24FNO4. The van der Waals surface area contributed by atoms with Gasteiger partial charge in [0.05, 0.1) is 13.2 Å². The van der Waals surface area contributed by atoms with Crippen molar-refractivity contribution in [3.8, 4) is 0 Å². The number of halogens is 1. The summed E-state index contributed by atoms with van der Waals surface area (Å²) < 4.78 is 30.3. The summed E-state index contributed by atoms with van der Waals surface area (Å²) in [5.74, 6) is -0.233. The van der Waals surface area contributed by atoms with E-state index in [1.165, 1.54) is 6.07 Å². The van der Waals surface area contributed by atoms with E-state index in [1.807, 2.05) is 4.90 Å². The number of hydrogen-bond acceptors (Lipinski definition) is 4. The van der Waals surface area contributed by atoms with Crippen LogP contribution in [0.25, 0.3) is 0 Å². The molecule has 0 spiro atoms. The summed E-state index contributed by atoms with van der Waals surface area (Å²) in [5.41, 5.74) is 0.681. The maximum atomic E-state index is 13.5. The molecule has 1 atom stereocenters. The van der Waals surface area contributed by atoms with Gasteiger partial charge >= 0.3 is 0 Å². The topological polar surface area (TPSA) is 48.0 Å². The van der Waals surface area contributed by atoms with Gasteiger partial charge in [-0.25, -0.2) is 4.39 Å². The number of nitrogens with zero attached hydrogens (tertiary/aromatic N) is 1. The summed E-state index contributed by atoms with van der Waals surface area (Å²) in [5, 5.41) is 0. The number of amides is 1. The lowest BCUT2D eigenvalue weighted by Gasteiger charge is -2.41. The van der Waals surface area contributed by atoms with Gasteiger partial charge in [0, 0.05) is 39.7 Å². The second-order valence-corrected chi connectivity index (χ2v) is 6.43. The summed E-state index contributed by atoms with van der Waals surface area (Å²) in [7, 11) is 1.59. The molecule has 1 aromatic carbocycles. The summed E-state index contributed by atoms with van der Waals surface area (Å²) in [4.78, 5) is 14.8. The van der Waals surface area contributed by atoms with Gasteiger partial charge in [0.25, 0.3) is 5.91 Å². The molecule has 132 valence electrons. The molecule has 2 fully saturated rings. The van der Waals surface area contributed by atoms with Crippen molar-refractivity contribution in [2.75, 3.05) is 40.0 Å². The Labute approximate surface area is 141 Å². The minimum absolute atomic E-state index is 0.000401. The highest BCUT2D eigenvalue weighted by molar-refractivity contribution is 5.85. The van der Waals surface area contributed by atoms with Crippen LogP contribution in [0, 0.1) is 12.7 Å². The number of benzene rings is 1. The summed E-state index contributed by atoms with van der Waals surface area (Å²) >= 11 is 0. The van der Waals surface area contributed by atoms with Gasteiger partial charge in [-0.1, -0.05) is 12.1 Å². The molecule has 1 aromatic rings. The molecule has 2 aliphatic rings. The van der Waals surface area contributed by atoms with Gasteiger partial charge in [0.2, 0.25) is 0 Å². The van der Waals surface area contributed by atoms with E-state index in [-0.39, 0.29) is 17.8 Å². The highest BCUT2D eigenvalue weighted by Crippen LogP contribution is 2.30. The van der Waals surface area contributed by atoms with Gasteiger partial charge in [-0.3, -0.25) is 4.79 Å². The smallest absolute Gasteiger partial charge is 0.255 e. The highest BCUT2D eigenvalue weighted by atomic mass is 19.1. The molecule has 0 radical (unpaired) electrons. The molecule has 2 heterocycles. The maximum Gasteiger partial charge on any atom is 0.255 e. The number of hydrogen-bond donors (Lipinski definition) is 0. The van der Waals surface area contributed by atoms with E-state index in [1.54, 1.807) is 26.2 Å². The van der Waals surface area contributed by atoms with Crippen LogP contribution in [0.5, 0.6) is 0 Å². The number of aryl methyl sites for hydroxylation is 1. The zero-order chi connectivity index (χ0) is 17.2. The Balaban J connectivity index is 1.74. The molecule has 0 bridgehead atoms. The van der Waals surface area contributed by atoms with Gasteiger partial charge in [-0.05, 0) is 24.1 Å². The van der Waals surface area contributed by atoms with Crippen molar-refractivity contribution >= 4 is 5.91 Å². The third-order valence-electron chi connectivity index (χ3n) is 4.99. The first kappa shape index (κ1) is 17.3. The molecule has 0 N–H and O–H groups in total. The van der Waals surface area contributed by atoms with Crippen molar-refractivity contribution in [2.24, 2.45) is 0 Å². The molecule has 6 heteroatoms. The van der Waals surface area contributed by atoms with Gasteiger partial charge in [-0.2, -0.15) is 0 Å². The fourth-order valence-corrected chi connectivity index (χ4v) is 3.40. The maximum absolute atomic E-state index is 13.5. The van der Waals surface area contributed by atoms with E-state index < -0.39 is 5.60 Å². The first-order chi connectivity index (χ1) is 11.6. The monoisotopic (exact) mass is 337 g/mol. The Morgan fingerprint density at radius 1 is 1.33 bits per heavy atom. The lowest BCUT2D eigenvalue weighted by Crippen LogP contribution is -2.56. The molecule has 0 aliphatic carbocycles. The van der Waals surface area contributed by atoms with Crippen LogP contribution < -0.4 is 0 Å². The van der Waals surface area contributed by atoms with Crippen molar-refractivity contribution in [1.29, 1.82) is 0 Å². The highest BCUT2D eigenvalue weighted by Gasteiger charge is 2.44. The minimum Gasteiger partial charge on any atom is -0.381 e. The van der Waals surface area contributed by atoms with E-state index >= 15 is 0 Å². The van der Waals surface area contributed by atoms with Crippen molar-refractivity contribution in [2.45, 2.75) is 31.5 Å². The van der Waals surface area contributed by atoms with E-state index in [4.69, 9.17) is 14.2 Å². The van der Waals surface area contributed by atoms with Crippen LogP contribution in [0.4, 0.5) is 4.39 Å². The number of carbonyl (C=O) groups excluding carboxylic acids is 1. The Morgan fingerprint density at radius 2 is 2.08 bits per heavy atom. The first-order valence-electron chi connectivity index (χ1n) is 8.36. The molecule has 0 saturated carbocycles. The van der Waals surface area contributed by atoms with Crippen LogP contribution in [0.2, 0.25) is 0 Å².